The molecule has 0 spiro atoms. The molecule has 0 aliphatic carbocycles. The summed E-state index contributed by atoms with van der Waals surface area (Å²) in [5.74, 6) is 0.320. The van der Waals surface area contributed by atoms with E-state index in [4.69, 9.17) is 27.9 Å². The Bertz CT molecular complexity index is 973. The Labute approximate surface area is 192 Å². The average molecular weight is 455 g/mol. The van der Waals surface area contributed by atoms with Gasteiger partial charge in [-0.05, 0) is 23.3 Å². The van der Waals surface area contributed by atoms with Gasteiger partial charge in [-0.15, -0.1) is 0 Å². The molecule has 0 saturated carbocycles. The number of piperazine rings is 1. The van der Waals surface area contributed by atoms with Crippen LogP contribution in [0.4, 0.5) is 0 Å². The van der Waals surface area contributed by atoms with E-state index in [2.05, 4.69) is 53.4 Å². The van der Waals surface area contributed by atoms with Crippen molar-refractivity contribution in [3.63, 3.8) is 0 Å². The van der Waals surface area contributed by atoms with Crippen LogP contribution in [0.2, 0.25) is 10.0 Å². The van der Waals surface area contributed by atoms with Gasteiger partial charge in [0.15, 0.2) is 5.75 Å². The van der Waals surface area contributed by atoms with Crippen molar-refractivity contribution in [2.45, 2.75) is 6.04 Å². The largest absolute Gasteiger partial charge is 0.494 e. The van der Waals surface area contributed by atoms with Crippen LogP contribution in [0.15, 0.2) is 72.8 Å². The molecule has 3 aromatic rings. The zero-order valence-corrected chi connectivity index (χ0v) is 18.8. The third-order valence-electron chi connectivity index (χ3n) is 5.65. The number of rotatable bonds is 5. The molecule has 1 aliphatic heterocycles. The molecule has 1 saturated heterocycles. The minimum absolute atomic E-state index is 0.0675. The number of benzene rings is 3. The molecular weight excluding hydrogens is 431 g/mol. The van der Waals surface area contributed by atoms with E-state index >= 15 is 0 Å². The summed E-state index contributed by atoms with van der Waals surface area (Å²) >= 11 is 12.5. The maximum Gasteiger partial charge on any atom is 0.254 e. The van der Waals surface area contributed by atoms with E-state index in [1.54, 1.807) is 12.1 Å². The predicted octanol–water partition coefficient (Wildman–Crippen LogP) is 5.55. The van der Waals surface area contributed by atoms with E-state index < -0.39 is 0 Å². The Morgan fingerprint density at radius 1 is 0.839 bits per heavy atom. The Morgan fingerprint density at radius 3 is 1.77 bits per heavy atom. The lowest BCUT2D eigenvalue weighted by molar-refractivity contribution is 0.0597. The molecule has 4 nitrogen and oxygen atoms in total. The summed E-state index contributed by atoms with van der Waals surface area (Å²) in [7, 11) is 1.50. The van der Waals surface area contributed by atoms with Gasteiger partial charge in [-0.1, -0.05) is 83.9 Å². The van der Waals surface area contributed by atoms with Crippen LogP contribution in [0.25, 0.3) is 0 Å². The van der Waals surface area contributed by atoms with E-state index in [0.29, 0.717) is 34.4 Å². The summed E-state index contributed by atoms with van der Waals surface area (Å²) in [4.78, 5) is 17.4. The maximum atomic E-state index is 13.1. The summed E-state index contributed by atoms with van der Waals surface area (Å²) < 4.78 is 5.18. The number of hydrogen-bond acceptors (Lipinski definition) is 3. The smallest absolute Gasteiger partial charge is 0.254 e. The zero-order valence-electron chi connectivity index (χ0n) is 17.3. The highest BCUT2D eigenvalue weighted by molar-refractivity contribution is 6.37. The first kappa shape index (κ1) is 21.7. The first-order valence-electron chi connectivity index (χ1n) is 10.2. The number of halogens is 2. The van der Waals surface area contributed by atoms with Crippen molar-refractivity contribution in [2.75, 3.05) is 33.3 Å². The van der Waals surface area contributed by atoms with Crippen molar-refractivity contribution in [1.29, 1.82) is 0 Å². The summed E-state index contributed by atoms with van der Waals surface area (Å²) in [6.45, 7) is 2.82. The number of carbonyl (C=O) groups is 1. The second kappa shape index (κ2) is 9.73. The molecule has 1 amide bonds. The van der Waals surface area contributed by atoms with Gasteiger partial charge in [0, 0.05) is 31.7 Å². The SMILES string of the molecule is COc1c(Cl)cc(C(=O)N2CCN(C(c3ccccc3)c3ccccc3)CC2)cc1Cl. The standard InChI is InChI=1S/C25H24Cl2N2O2/c1-31-24-21(26)16-20(17-22(24)27)25(30)29-14-12-28(13-15-29)23(18-8-4-2-5-9-18)19-10-6-3-7-11-19/h2-11,16-17,23H,12-15H2,1H3. The third kappa shape index (κ3) is 4.72. The van der Waals surface area contributed by atoms with Gasteiger partial charge < -0.3 is 9.64 Å². The Balaban J connectivity index is 1.51. The summed E-state index contributed by atoms with van der Waals surface area (Å²) in [6, 6.07) is 24.4. The van der Waals surface area contributed by atoms with Gasteiger partial charge in [0.1, 0.15) is 0 Å². The molecule has 31 heavy (non-hydrogen) atoms. The van der Waals surface area contributed by atoms with Crippen LogP contribution in [0.5, 0.6) is 5.75 Å². The molecule has 0 N–H and O–H groups in total. The van der Waals surface area contributed by atoms with Gasteiger partial charge in [-0.3, -0.25) is 9.69 Å². The lowest BCUT2D eigenvalue weighted by Gasteiger charge is -2.39. The fraction of sp³-hybridized carbons (Fsp3) is 0.240. The second-order valence-electron chi connectivity index (χ2n) is 7.53. The van der Waals surface area contributed by atoms with Crippen LogP contribution in [0, 0.1) is 0 Å². The van der Waals surface area contributed by atoms with E-state index in [9.17, 15) is 4.79 Å². The van der Waals surface area contributed by atoms with Gasteiger partial charge >= 0.3 is 0 Å². The molecule has 0 radical (unpaired) electrons. The zero-order chi connectivity index (χ0) is 21.8. The first-order chi connectivity index (χ1) is 15.1. The summed E-state index contributed by atoms with van der Waals surface area (Å²) in [5, 5.41) is 0.676. The number of amides is 1. The van der Waals surface area contributed by atoms with Gasteiger partial charge in [0.05, 0.1) is 23.2 Å². The molecule has 3 aromatic carbocycles. The molecule has 160 valence electrons. The minimum atomic E-state index is -0.0675. The average Bonchev–Trinajstić information content (AvgIpc) is 2.80. The molecule has 1 aliphatic rings. The van der Waals surface area contributed by atoms with Gasteiger partial charge in [0.2, 0.25) is 0 Å². The van der Waals surface area contributed by atoms with E-state index in [1.807, 2.05) is 17.0 Å². The van der Waals surface area contributed by atoms with Crippen molar-refractivity contribution < 1.29 is 9.53 Å². The summed E-state index contributed by atoms with van der Waals surface area (Å²) in [5.41, 5.74) is 2.98. The predicted molar refractivity (Wildman–Crippen MR) is 125 cm³/mol. The van der Waals surface area contributed by atoms with E-state index in [-0.39, 0.29) is 11.9 Å². The topological polar surface area (TPSA) is 32.8 Å². The van der Waals surface area contributed by atoms with Gasteiger partial charge in [0.25, 0.3) is 5.91 Å². The Kier molecular flexibility index (Phi) is 6.81. The van der Waals surface area contributed by atoms with Crippen LogP contribution in [0.3, 0.4) is 0 Å². The molecule has 1 heterocycles. The van der Waals surface area contributed by atoms with E-state index in [0.717, 1.165) is 13.1 Å². The monoisotopic (exact) mass is 454 g/mol. The van der Waals surface area contributed by atoms with Gasteiger partial charge in [-0.2, -0.15) is 0 Å². The molecule has 0 bridgehead atoms. The number of hydrogen-bond donors (Lipinski definition) is 0. The normalized spacial score (nSPS) is 14.6. The molecule has 0 unspecified atom stereocenters. The quantitative estimate of drug-likeness (QED) is 0.506. The van der Waals surface area contributed by atoms with Crippen molar-refractivity contribution in [3.8, 4) is 5.75 Å². The van der Waals surface area contributed by atoms with Crippen LogP contribution < -0.4 is 4.74 Å². The number of ether oxygens (including phenoxy) is 1. The molecule has 0 atom stereocenters. The lowest BCUT2D eigenvalue weighted by Crippen LogP contribution is -2.49. The fourth-order valence-electron chi connectivity index (χ4n) is 4.13. The highest BCUT2D eigenvalue weighted by atomic mass is 35.5. The number of carbonyl (C=O) groups excluding carboxylic acids is 1. The Morgan fingerprint density at radius 2 is 1.32 bits per heavy atom. The number of nitrogens with zero attached hydrogens (tertiary/aromatic N) is 2. The highest BCUT2D eigenvalue weighted by Crippen LogP contribution is 2.34. The number of methoxy groups -OCH3 is 1. The van der Waals surface area contributed by atoms with Crippen molar-refractivity contribution in [1.82, 2.24) is 9.80 Å². The molecular formula is C25H24Cl2N2O2. The molecule has 0 aromatic heterocycles. The lowest BCUT2D eigenvalue weighted by atomic mass is 9.96. The fourth-order valence-corrected chi connectivity index (χ4v) is 4.77. The van der Waals surface area contributed by atoms with Gasteiger partial charge in [-0.25, -0.2) is 0 Å². The molecule has 1 fully saturated rings. The van der Waals surface area contributed by atoms with Crippen LogP contribution in [-0.4, -0.2) is 49.0 Å². The first-order valence-corrected chi connectivity index (χ1v) is 11.0. The third-order valence-corrected chi connectivity index (χ3v) is 6.21. The Hall–Kier alpha value is -2.53. The summed E-state index contributed by atoms with van der Waals surface area (Å²) in [6.07, 6.45) is 0. The van der Waals surface area contributed by atoms with Crippen LogP contribution >= 0.6 is 23.2 Å². The van der Waals surface area contributed by atoms with Crippen molar-refractivity contribution in [2.24, 2.45) is 0 Å². The maximum absolute atomic E-state index is 13.1. The molecule has 6 heteroatoms. The van der Waals surface area contributed by atoms with E-state index in [1.165, 1.54) is 18.2 Å². The van der Waals surface area contributed by atoms with Crippen LogP contribution in [0.1, 0.15) is 27.5 Å². The van der Waals surface area contributed by atoms with Crippen molar-refractivity contribution in [3.05, 3.63) is 99.5 Å². The second-order valence-corrected chi connectivity index (χ2v) is 8.34. The van der Waals surface area contributed by atoms with Crippen LogP contribution in [-0.2, 0) is 0 Å². The van der Waals surface area contributed by atoms with Crippen molar-refractivity contribution >= 4 is 29.1 Å². The minimum Gasteiger partial charge on any atom is -0.494 e. The highest BCUT2D eigenvalue weighted by Gasteiger charge is 2.29. The molecule has 4 rings (SSSR count).